The minimum atomic E-state index is -0.852. The van der Waals surface area contributed by atoms with Crippen LogP contribution in [0.3, 0.4) is 0 Å². The Hall–Kier alpha value is -2.19. The van der Waals surface area contributed by atoms with E-state index in [1.807, 2.05) is 6.92 Å². The maximum Gasteiger partial charge on any atom is 0.290 e. The molecule has 1 aliphatic heterocycles. The third-order valence-electron chi connectivity index (χ3n) is 4.35. The van der Waals surface area contributed by atoms with Gasteiger partial charge in [-0.1, -0.05) is 48.7 Å². The van der Waals surface area contributed by atoms with E-state index >= 15 is 0 Å². The zero-order valence-electron chi connectivity index (χ0n) is 16.7. The van der Waals surface area contributed by atoms with Crippen LogP contribution in [-0.2, 0) is 11.2 Å². The fourth-order valence-corrected chi connectivity index (χ4v) is 3.96. The Morgan fingerprint density at radius 3 is 2.45 bits per heavy atom. The lowest BCUT2D eigenvalue weighted by molar-refractivity contribution is -0.115. The summed E-state index contributed by atoms with van der Waals surface area (Å²) >= 11 is 13.2. The van der Waals surface area contributed by atoms with Crippen molar-refractivity contribution in [3.63, 3.8) is 0 Å². The molecule has 0 saturated carbocycles. The van der Waals surface area contributed by atoms with E-state index in [9.17, 15) is 14.7 Å². The van der Waals surface area contributed by atoms with Crippen molar-refractivity contribution in [3.8, 4) is 11.5 Å². The van der Waals surface area contributed by atoms with E-state index in [1.165, 1.54) is 0 Å². The molecule has 0 aliphatic carbocycles. The topological polar surface area (TPSA) is 84.9 Å². The van der Waals surface area contributed by atoms with Gasteiger partial charge in [0.15, 0.2) is 0 Å². The Kier molecular flexibility index (Phi) is 8.26. The van der Waals surface area contributed by atoms with Crippen molar-refractivity contribution in [2.24, 2.45) is 0 Å². The average Bonchev–Trinajstić information content (AvgIpc) is 3.07. The number of rotatable bonds is 9. The maximum absolute atomic E-state index is 11.6. The molecule has 2 amide bonds. The Morgan fingerprint density at radius 2 is 1.81 bits per heavy atom. The van der Waals surface area contributed by atoms with Crippen molar-refractivity contribution in [1.29, 1.82) is 0 Å². The molecule has 6 nitrogen and oxygen atoms in total. The fourth-order valence-electron chi connectivity index (χ4n) is 2.85. The van der Waals surface area contributed by atoms with Crippen LogP contribution in [0.2, 0.25) is 10.0 Å². The largest absolute Gasteiger partial charge is 0.491 e. The number of nitrogens with one attached hydrogen (secondary N) is 1. The molecular formula is C22H21Cl2NO5S. The number of carbonyl (C=O) groups excluding carboxylic acids is 2. The lowest BCUT2D eigenvalue weighted by atomic mass is 10.1. The summed E-state index contributed by atoms with van der Waals surface area (Å²) in [5.74, 6) is 0.754. The standard InChI is InChI=1S/C22H21Cl2NO5S/c1-2-3-16-18(9-8-17(23)20(16)24)30-12-14(26)11-29-15-6-4-13(5-7-15)10-19-21(27)25-22(28)31-19/h4-10,14,26H,2-3,11-12H2,1H3,(H,25,27,28)/b19-10-/t14-/m0/s1. The van der Waals surface area contributed by atoms with Gasteiger partial charge in [0.1, 0.15) is 30.8 Å². The predicted molar refractivity (Wildman–Crippen MR) is 123 cm³/mol. The van der Waals surface area contributed by atoms with Crippen LogP contribution in [0.5, 0.6) is 11.5 Å². The van der Waals surface area contributed by atoms with E-state index in [4.69, 9.17) is 32.7 Å². The summed E-state index contributed by atoms with van der Waals surface area (Å²) in [6.07, 6.45) is 2.38. The highest BCUT2D eigenvalue weighted by Gasteiger charge is 2.24. The zero-order valence-corrected chi connectivity index (χ0v) is 19.0. The van der Waals surface area contributed by atoms with Gasteiger partial charge in [-0.15, -0.1) is 0 Å². The Balaban J connectivity index is 1.52. The van der Waals surface area contributed by atoms with E-state index in [1.54, 1.807) is 42.5 Å². The summed E-state index contributed by atoms with van der Waals surface area (Å²) in [5.41, 5.74) is 1.58. The van der Waals surface area contributed by atoms with Gasteiger partial charge >= 0.3 is 0 Å². The van der Waals surface area contributed by atoms with Crippen LogP contribution in [-0.4, -0.2) is 35.6 Å². The molecule has 2 N–H and O–H groups in total. The fraction of sp³-hybridized carbons (Fsp3) is 0.273. The second-order valence-electron chi connectivity index (χ2n) is 6.79. The normalized spacial score (nSPS) is 15.8. The van der Waals surface area contributed by atoms with Gasteiger partial charge in [0.2, 0.25) is 0 Å². The van der Waals surface area contributed by atoms with Crippen LogP contribution in [0.1, 0.15) is 24.5 Å². The van der Waals surface area contributed by atoms with Crippen LogP contribution in [0.15, 0.2) is 41.3 Å². The number of benzene rings is 2. The van der Waals surface area contributed by atoms with Crippen LogP contribution in [0.25, 0.3) is 6.08 Å². The second-order valence-corrected chi connectivity index (χ2v) is 8.59. The molecule has 164 valence electrons. The molecule has 0 bridgehead atoms. The molecule has 1 aliphatic rings. The molecule has 2 aromatic rings. The predicted octanol–water partition coefficient (Wildman–Crippen LogP) is 5.09. The van der Waals surface area contributed by atoms with Gasteiger partial charge in [-0.05, 0) is 54.1 Å². The average molecular weight is 482 g/mol. The van der Waals surface area contributed by atoms with Crippen LogP contribution in [0, 0.1) is 0 Å². The van der Waals surface area contributed by atoms with Gasteiger partial charge in [-0.25, -0.2) is 0 Å². The first kappa shape index (κ1) is 23.5. The molecule has 0 spiro atoms. The Morgan fingerprint density at radius 1 is 1.10 bits per heavy atom. The molecule has 0 radical (unpaired) electrons. The number of halogens is 2. The van der Waals surface area contributed by atoms with E-state index in [0.29, 0.717) is 26.4 Å². The molecule has 9 heteroatoms. The van der Waals surface area contributed by atoms with Gasteiger partial charge < -0.3 is 14.6 Å². The number of carbonyl (C=O) groups is 2. The molecule has 0 unspecified atom stereocenters. The van der Waals surface area contributed by atoms with E-state index in [0.717, 1.165) is 35.7 Å². The van der Waals surface area contributed by atoms with Gasteiger partial charge in [-0.2, -0.15) is 0 Å². The first-order chi connectivity index (χ1) is 14.9. The van der Waals surface area contributed by atoms with Crippen LogP contribution in [0.4, 0.5) is 4.79 Å². The summed E-state index contributed by atoms with van der Waals surface area (Å²) < 4.78 is 11.3. The summed E-state index contributed by atoms with van der Waals surface area (Å²) in [7, 11) is 0. The van der Waals surface area contributed by atoms with Crippen molar-refractivity contribution >= 4 is 52.2 Å². The van der Waals surface area contributed by atoms with Gasteiger partial charge in [0, 0.05) is 5.56 Å². The number of imide groups is 1. The molecular weight excluding hydrogens is 461 g/mol. The SMILES string of the molecule is CCCc1c(OC[C@@H](O)COc2ccc(/C=C3\SC(=O)NC3=O)cc2)ccc(Cl)c1Cl. The number of amides is 2. The monoisotopic (exact) mass is 481 g/mol. The summed E-state index contributed by atoms with van der Waals surface area (Å²) in [6.45, 7) is 2.11. The minimum Gasteiger partial charge on any atom is -0.491 e. The van der Waals surface area contributed by atoms with E-state index in [-0.39, 0.29) is 18.5 Å². The lowest BCUT2D eigenvalue weighted by Crippen LogP contribution is -2.25. The van der Waals surface area contributed by atoms with Crippen molar-refractivity contribution in [2.75, 3.05) is 13.2 Å². The Labute approximate surface area is 194 Å². The third-order valence-corrected chi connectivity index (χ3v) is 6.00. The van der Waals surface area contributed by atoms with Crippen LogP contribution < -0.4 is 14.8 Å². The van der Waals surface area contributed by atoms with Gasteiger partial charge in [0.05, 0.1) is 15.0 Å². The number of hydrogen-bond acceptors (Lipinski definition) is 6. The summed E-state index contributed by atoms with van der Waals surface area (Å²) in [5, 5.41) is 13.0. The number of aliphatic hydroxyl groups excluding tert-OH is 1. The van der Waals surface area contributed by atoms with Crippen molar-refractivity contribution in [2.45, 2.75) is 25.9 Å². The van der Waals surface area contributed by atoms with E-state index in [2.05, 4.69) is 5.32 Å². The number of aliphatic hydroxyl groups is 1. The highest BCUT2D eigenvalue weighted by atomic mass is 35.5. The van der Waals surface area contributed by atoms with Gasteiger partial charge in [-0.3, -0.25) is 14.9 Å². The third kappa shape index (κ3) is 6.40. The molecule has 3 rings (SSSR count). The van der Waals surface area contributed by atoms with Crippen molar-refractivity contribution in [1.82, 2.24) is 5.32 Å². The highest BCUT2D eigenvalue weighted by Crippen LogP contribution is 2.34. The number of thioether (sulfide) groups is 1. The van der Waals surface area contributed by atoms with Crippen molar-refractivity contribution in [3.05, 3.63) is 62.5 Å². The molecule has 1 saturated heterocycles. The van der Waals surface area contributed by atoms with Crippen molar-refractivity contribution < 1.29 is 24.2 Å². The molecule has 0 aromatic heterocycles. The van der Waals surface area contributed by atoms with Crippen LogP contribution >= 0.6 is 35.0 Å². The molecule has 31 heavy (non-hydrogen) atoms. The lowest BCUT2D eigenvalue weighted by Gasteiger charge is -2.17. The summed E-state index contributed by atoms with van der Waals surface area (Å²) in [4.78, 5) is 23.1. The first-order valence-corrected chi connectivity index (χ1v) is 11.2. The molecule has 1 heterocycles. The number of hydrogen-bond donors (Lipinski definition) is 2. The smallest absolute Gasteiger partial charge is 0.290 e. The minimum absolute atomic E-state index is 0.0393. The molecule has 2 aromatic carbocycles. The Bertz CT molecular complexity index is 994. The highest BCUT2D eigenvalue weighted by molar-refractivity contribution is 8.18. The van der Waals surface area contributed by atoms with E-state index < -0.39 is 12.0 Å². The maximum atomic E-state index is 11.6. The number of ether oxygens (including phenoxy) is 2. The summed E-state index contributed by atoms with van der Waals surface area (Å²) in [6, 6.07) is 10.4. The quantitative estimate of drug-likeness (QED) is 0.485. The molecule has 1 fully saturated rings. The first-order valence-electron chi connectivity index (χ1n) is 9.62. The zero-order chi connectivity index (χ0) is 22.4. The molecule has 1 atom stereocenters. The second kappa shape index (κ2) is 10.9. The van der Waals surface area contributed by atoms with Gasteiger partial charge in [0.25, 0.3) is 11.1 Å².